The fourth-order valence-electron chi connectivity index (χ4n) is 2.45. The maximum Gasteiger partial charge on any atom is 0.323 e. The van der Waals surface area contributed by atoms with Crippen LogP contribution in [-0.2, 0) is 16.2 Å². The highest BCUT2D eigenvalue weighted by Crippen LogP contribution is 2.38. The van der Waals surface area contributed by atoms with Crippen LogP contribution in [0, 0.1) is 0 Å². The van der Waals surface area contributed by atoms with Gasteiger partial charge in [-0.25, -0.2) is 0 Å². The molecule has 144 valence electrons. The summed E-state index contributed by atoms with van der Waals surface area (Å²) in [5.41, 5.74) is 1.68. The van der Waals surface area contributed by atoms with Gasteiger partial charge in [0.2, 0.25) is 0 Å². The molecule has 1 heterocycles. The molecule has 6 nitrogen and oxygen atoms in total. The van der Waals surface area contributed by atoms with Gasteiger partial charge < -0.3 is 9.84 Å². The van der Waals surface area contributed by atoms with Gasteiger partial charge in [-0.3, -0.25) is 19.3 Å². The van der Waals surface area contributed by atoms with Gasteiger partial charge in [-0.2, -0.15) is 0 Å². The van der Waals surface area contributed by atoms with Gasteiger partial charge in [0.05, 0.1) is 13.9 Å². The minimum atomic E-state index is -1.24. The van der Waals surface area contributed by atoms with Crippen LogP contribution in [0.2, 0.25) is 0 Å². The number of halogens is 2. The summed E-state index contributed by atoms with van der Waals surface area (Å²) in [6.07, 6.45) is 1.54. The summed E-state index contributed by atoms with van der Waals surface area (Å²) in [5.74, 6) is -1.25. The van der Waals surface area contributed by atoms with Crippen LogP contribution in [0.15, 0.2) is 56.3 Å². The minimum Gasteiger partial charge on any atom is -0.487 e. The van der Waals surface area contributed by atoms with Crippen LogP contribution in [0.4, 0.5) is 4.79 Å². The number of thioether (sulfide) groups is 1. The molecule has 2 aromatic rings. The molecular formula is C19H13Br2NO5S. The van der Waals surface area contributed by atoms with Crippen molar-refractivity contribution in [1.82, 2.24) is 4.90 Å². The molecule has 0 atom stereocenters. The van der Waals surface area contributed by atoms with Crippen molar-refractivity contribution in [2.45, 2.75) is 6.61 Å². The van der Waals surface area contributed by atoms with Crippen LogP contribution in [0.5, 0.6) is 5.75 Å². The molecule has 0 spiro atoms. The van der Waals surface area contributed by atoms with E-state index in [1.807, 2.05) is 30.3 Å². The van der Waals surface area contributed by atoms with E-state index in [2.05, 4.69) is 31.9 Å². The lowest BCUT2D eigenvalue weighted by Crippen LogP contribution is -2.33. The van der Waals surface area contributed by atoms with Crippen molar-refractivity contribution in [2.24, 2.45) is 0 Å². The zero-order chi connectivity index (χ0) is 20.3. The largest absolute Gasteiger partial charge is 0.487 e. The standard InChI is InChI=1S/C19H13Br2NO5S/c20-13-6-12(8-15-18(25)22(9-16(23)24)19(26)28-15)7-14(21)17(13)27-10-11-4-2-1-3-5-11/h1-8H,9-10H2,(H,23,24)/b15-8+. The zero-order valence-electron chi connectivity index (χ0n) is 14.2. The number of imide groups is 1. The second-order valence-corrected chi connectivity index (χ2v) is 8.45. The Hall–Kier alpha value is -2.10. The number of ether oxygens (including phenoxy) is 1. The molecule has 0 saturated carbocycles. The quantitative estimate of drug-likeness (QED) is 0.538. The lowest BCUT2D eigenvalue weighted by molar-refractivity contribution is -0.140. The van der Waals surface area contributed by atoms with Crippen LogP contribution in [0.1, 0.15) is 11.1 Å². The maximum atomic E-state index is 12.3. The molecule has 1 aliphatic heterocycles. The van der Waals surface area contributed by atoms with Gasteiger partial charge in [-0.05, 0) is 73.0 Å². The number of carbonyl (C=O) groups excluding carboxylic acids is 2. The van der Waals surface area contributed by atoms with E-state index < -0.39 is 23.7 Å². The SMILES string of the molecule is O=C(O)CN1C(=O)S/C(=C/c2cc(Br)c(OCc3ccccc3)c(Br)c2)C1=O. The summed E-state index contributed by atoms with van der Waals surface area (Å²) < 4.78 is 7.21. The maximum absolute atomic E-state index is 12.3. The van der Waals surface area contributed by atoms with Gasteiger partial charge in [0.15, 0.2) is 0 Å². The first kappa shape index (κ1) is 20.6. The number of hydrogen-bond donors (Lipinski definition) is 1. The number of hydrogen-bond acceptors (Lipinski definition) is 5. The van der Waals surface area contributed by atoms with Crippen LogP contribution in [0.25, 0.3) is 6.08 Å². The summed E-state index contributed by atoms with van der Waals surface area (Å²) in [4.78, 5) is 35.8. The third kappa shape index (κ3) is 4.84. The Morgan fingerprint density at radius 3 is 2.39 bits per heavy atom. The molecule has 9 heteroatoms. The van der Waals surface area contributed by atoms with Crippen molar-refractivity contribution in [3.8, 4) is 5.75 Å². The van der Waals surface area contributed by atoms with Gasteiger partial charge in [-0.1, -0.05) is 30.3 Å². The Balaban J connectivity index is 1.79. The van der Waals surface area contributed by atoms with Gasteiger partial charge in [-0.15, -0.1) is 0 Å². The predicted molar refractivity (Wildman–Crippen MR) is 113 cm³/mol. The molecule has 1 N–H and O–H groups in total. The number of aliphatic carboxylic acids is 1. The third-order valence-electron chi connectivity index (χ3n) is 3.71. The Morgan fingerprint density at radius 2 is 1.79 bits per heavy atom. The zero-order valence-corrected chi connectivity index (χ0v) is 18.2. The summed E-state index contributed by atoms with van der Waals surface area (Å²) in [6, 6.07) is 13.2. The normalized spacial score (nSPS) is 15.4. The molecule has 1 fully saturated rings. The number of carbonyl (C=O) groups is 3. The molecule has 0 aliphatic carbocycles. The predicted octanol–water partition coefficient (Wildman–Crippen LogP) is 4.91. The summed E-state index contributed by atoms with van der Waals surface area (Å²) in [7, 11) is 0. The summed E-state index contributed by atoms with van der Waals surface area (Å²) in [6.45, 7) is -0.257. The highest BCUT2D eigenvalue weighted by Gasteiger charge is 2.36. The highest BCUT2D eigenvalue weighted by atomic mass is 79.9. The van der Waals surface area contributed by atoms with Crippen LogP contribution >= 0.6 is 43.6 Å². The Kier molecular flexibility index (Phi) is 6.58. The van der Waals surface area contributed by atoms with Crippen molar-refractivity contribution in [3.05, 3.63) is 67.4 Å². The lowest BCUT2D eigenvalue weighted by Gasteiger charge is -2.12. The number of nitrogens with zero attached hydrogens (tertiary/aromatic N) is 1. The molecule has 2 aromatic carbocycles. The molecule has 2 amide bonds. The number of rotatable bonds is 6. The van der Waals surface area contributed by atoms with E-state index in [0.29, 0.717) is 43.5 Å². The lowest BCUT2D eigenvalue weighted by atomic mass is 10.2. The average Bonchev–Trinajstić information content (AvgIpc) is 2.89. The first-order valence-electron chi connectivity index (χ1n) is 7.98. The summed E-state index contributed by atoms with van der Waals surface area (Å²) in [5, 5.41) is 8.22. The average molecular weight is 527 g/mol. The van der Waals surface area contributed by atoms with Crippen molar-refractivity contribution in [2.75, 3.05) is 6.54 Å². The van der Waals surface area contributed by atoms with E-state index in [9.17, 15) is 14.4 Å². The molecule has 0 unspecified atom stereocenters. The fourth-order valence-corrected chi connectivity index (χ4v) is 4.74. The number of benzene rings is 2. The van der Waals surface area contributed by atoms with E-state index in [1.165, 1.54) is 0 Å². The van der Waals surface area contributed by atoms with Crippen LogP contribution < -0.4 is 4.74 Å². The van der Waals surface area contributed by atoms with E-state index in [-0.39, 0.29) is 4.91 Å². The molecule has 0 bridgehead atoms. The van der Waals surface area contributed by atoms with Gasteiger partial charge >= 0.3 is 5.97 Å². The second kappa shape index (κ2) is 8.93. The van der Waals surface area contributed by atoms with Gasteiger partial charge in [0.1, 0.15) is 18.9 Å². The molecule has 28 heavy (non-hydrogen) atoms. The third-order valence-corrected chi connectivity index (χ3v) is 5.80. The molecule has 1 aliphatic rings. The van der Waals surface area contributed by atoms with E-state index >= 15 is 0 Å². The molecular weight excluding hydrogens is 514 g/mol. The Labute approximate surface area is 181 Å². The minimum absolute atomic E-state index is 0.169. The van der Waals surface area contributed by atoms with Crippen LogP contribution in [-0.4, -0.2) is 33.7 Å². The molecule has 0 aromatic heterocycles. The topological polar surface area (TPSA) is 83.9 Å². The van der Waals surface area contributed by atoms with E-state index in [4.69, 9.17) is 9.84 Å². The molecule has 1 saturated heterocycles. The van der Waals surface area contributed by atoms with E-state index in [1.54, 1.807) is 18.2 Å². The smallest absolute Gasteiger partial charge is 0.323 e. The Bertz CT molecular complexity index is 955. The van der Waals surface area contributed by atoms with Crippen molar-refractivity contribution in [1.29, 1.82) is 0 Å². The first-order valence-corrected chi connectivity index (χ1v) is 10.4. The second-order valence-electron chi connectivity index (χ2n) is 5.75. The number of amides is 2. The van der Waals surface area contributed by atoms with Gasteiger partial charge in [0, 0.05) is 0 Å². The Morgan fingerprint density at radius 1 is 1.14 bits per heavy atom. The first-order chi connectivity index (χ1) is 13.3. The number of carboxylic acid groups (broad SMARTS) is 1. The monoisotopic (exact) mass is 525 g/mol. The van der Waals surface area contributed by atoms with Gasteiger partial charge in [0.25, 0.3) is 11.1 Å². The fraction of sp³-hybridized carbons (Fsp3) is 0.105. The van der Waals surface area contributed by atoms with Crippen LogP contribution in [0.3, 0.4) is 0 Å². The van der Waals surface area contributed by atoms with Crippen molar-refractivity contribution in [3.63, 3.8) is 0 Å². The molecule has 3 rings (SSSR count). The molecule has 0 radical (unpaired) electrons. The number of carboxylic acids is 1. The van der Waals surface area contributed by atoms with E-state index in [0.717, 1.165) is 5.56 Å². The highest BCUT2D eigenvalue weighted by molar-refractivity contribution is 9.11. The van der Waals surface area contributed by atoms with Crippen molar-refractivity contribution < 1.29 is 24.2 Å². The van der Waals surface area contributed by atoms with Crippen molar-refractivity contribution >= 4 is 66.8 Å². The summed E-state index contributed by atoms with van der Waals surface area (Å²) >= 11 is 7.64.